The van der Waals surface area contributed by atoms with Crippen LogP contribution in [0.5, 0.6) is 0 Å². The van der Waals surface area contributed by atoms with E-state index in [0.717, 1.165) is 12.5 Å². The molecule has 8 heteroatoms. The second kappa shape index (κ2) is 7.39. The quantitative estimate of drug-likeness (QED) is 0.608. The van der Waals surface area contributed by atoms with Gasteiger partial charge in [-0.05, 0) is 5.56 Å². The van der Waals surface area contributed by atoms with Gasteiger partial charge in [0.15, 0.2) is 6.10 Å². The lowest BCUT2D eigenvalue weighted by Crippen LogP contribution is -2.58. The van der Waals surface area contributed by atoms with Crippen LogP contribution in [-0.4, -0.2) is 36.0 Å². The number of amides is 3. The number of piperidine rings is 1. The third-order valence-electron chi connectivity index (χ3n) is 3.12. The van der Waals surface area contributed by atoms with Crippen LogP contribution in [0.4, 0.5) is 4.79 Å². The molecule has 1 aliphatic rings. The smallest absolute Gasteiger partial charge is 0.408 e. The van der Waals surface area contributed by atoms with Gasteiger partial charge in [0, 0.05) is 13.3 Å². The highest BCUT2D eigenvalue weighted by Gasteiger charge is 2.37. The summed E-state index contributed by atoms with van der Waals surface area (Å²) >= 11 is 0. The van der Waals surface area contributed by atoms with Crippen LogP contribution in [0.3, 0.4) is 0 Å². The van der Waals surface area contributed by atoms with E-state index in [9.17, 15) is 19.2 Å². The zero-order chi connectivity index (χ0) is 16.8. The second-order valence-electron chi connectivity index (χ2n) is 4.95. The maximum atomic E-state index is 11.7. The molecule has 1 heterocycles. The van der Waals surface area contributed by atoms with Crippen LogP contribution < -0.4 is 10.6 Å². The molecule has 3 amide bonds. The lowest BCUT2D eigenvalue weighted by Gasteiger charge is -2.27. The zero-order valence-corrected chi connectivity index (χ0v) is 12.4. The Balaban J connectivity index is 1.87. The fourth-order valence-corrected chi connectivity index (χ4v) is 2.05. The molecule has 2 N–H and O–H groups in total. The number of rotatable bonds is 4. The van der Waals surface area contributed by atoms with Gasteiger partial charge < -0.3 is 14.8 Å². The summed E-state index contributed by atoms with van der Waals surface area (Å²) in [7, 11) is 0. The van der Waals surface area contributed by atoms with Crippen LogP contribution in [0.2, 0.25) is 0 Å². The number of alkyl carbamates (subject to hydrolysis) is 1. The zero-order valence-electron chi connectivity index (χ0n) is 12.4. The molecule has 0 saturated carbocycles. The summed E-state index contributed by atoms with van der Waals surface area (Å²) < 4.78 is 9.80. The fraction of sp³-hybridized carbons (Fsp3) is 0.333. The minimum absolute atomic E-state index is 0.0489. The highest BCUT2D eigenvalue weighted by molar-refractivity contribution is 6.03. The molecule has 2 rings (SSSR count). The van der Waals surface area contributed by atoms with Gasteiger partial charge in [-0.15, -0.1) is 0 Å². The van der Waals surface area contributed by atoms with Crippen LogP contribution in [-0.2, 0) is 30.5 Å². The van der Waals surface area contributed by atoms with Gasteiger partial charge in [-0.3, -0.25) is 19.7 Å². The predicted molar refractivity (Wildman–Crippen MR) is 76.9 cm³/mol. The van der Waals surface area contributed by atoms with E-state index in [2.05, 4.69) is 5.32 Å². The van der Waals surface area contributed by atoms with Crippen LogP contribution >= 0.6 is 0 Å². The number of ether oxygens (including phenoxy) is 2. The van der Waals surface area contributed by atoms with Crippen molar-refractivity contribution in [2.75, 3.05) is 0 Å². The average molecular weight is 320 g/mol. The van der Waals surface area contributed by atoms with Crippen LogP contribution in [0.25, 0.3) is 0 Å². The van der Waals surface area contributed by atoms with Gasteiger partial charge >= 0.3 is 12.1 Å². The molecular formula is C15H16N2O6. The Bertz CT molecular complexity index is 616. The van der Waals surface area contributed by atoms with Crippen molar-refractivity contribution in [3.05, 3.63) is 35.9 Å². The molecule has 0 aromatic heterocycles. The minimum Gasteiger partial charge on any atom is -0.452 e. The summed E-state index contributed by atoms with van der Waals surface area (Å²) in [6.07, 6.45) is -2.06. The highest BCUT2D eigenvalue weighted by Crippen LogP contribution is 2.10. The van der Waals surface area contributed by atoms with Crippen molar-refractivity contribution in [3.8, 4) is 0 Å². The van der Waals surface area contributed by atoms with E-state index < -0.39 is 36.0 Å². The number of benzene rings is 1. The maximum absolute atomic E-state index is 11.7. The Hall–Kier alpha value is -2.90. The minimum atomic E-state index is -1.12. The first-order chi connectivity index (χ1) is 11.0. The highest BCUT2D eigenvalue weighted by atomic mass is 16.6. The van der Waals surface area contributed by atoms with E-state index in [1.807, 2.05) is 11.4 Å². The summed E-state index contributed by atoms with van der Waals surface area (Å²) in [5.74, 6) is -2.03. The molecule has 1 saturated heterocycles. The molecule has 122 valence electrons. The molecule has 23 heavy (non-hydrogen) atoms. The lowest BCUT2D eigenvalue weighted by atomic mass is 10.0. The second-order valence-corrected chi connectivity index (χ2v) is 4.95. The first-order valence-electron chi connectivity index (χ1n) is 6.95. The van der Waals surface area contributed by atoms with Crippen molar-refractivity contribution in [1.29, 1.82) is 0 Å². The van der Waals surface area contributed by atoms with Gasteiger partial charge in [0.25, 0.3) is 5.91 Å². The van der Waals surface area contributed by atoms with Crippen LogP contribution in [0.1, 0.15) is 18.9 Å². The standard InChI is InChI=1S/C15H16N2O6/c1-9(18)23-12-7-11(13(19)17-14(12)20)16-15(21)22-8-10-5-3-2-4-6-10/h2-6,11-12H,7-8H2,1H3,(H,16,21)(H,17,19,20). The largest absolute Gasteiger partial charge is 0.452 e. The summed E-state index contributed by atoms with van der Waals surface area (Å²) in [5.41, 5.74) is 0.795. The summed E-state index contributed by atoms with van der Waals surface area (Å²) in [6.45, 7) is 1.20. The molecule has 1 fully saturated rings. The molecule has 2 atom stereocenters. The van der Waals surface area contributed by atoms with Crippen molar-refractivity contribution < 1.29 is 28.7 Å². The van der Waals surface area contributed by atoms with E-state index in [-0.39, 0.29) is 13.0 Å². The third-order valence-corrected chi connectivity index (χ3v) is 3.12. The maximum Gasteiger partial charge on any atom is 0.408 e. The monoisotopic (exact) mass is 320 g/mol. The Kier molecular flexibility index (Phi) is 5.29. The fourth-order valence-electron chi connectivity index (χ4n) is 2.05. The number of esters is 1. The van der Waals surface area contributed by atoms with E-state index in [4.69, 9.17) is 9.47 Å². The Morgan fingerprint density at radius 2 is 1.91 bits per heavy atom. The molecule has 1 aromatic rings. The molecule has 1 aliphatic heterocycles. The molecule has 1 aromatic carbocycles. The number of hydrogen-bond donors (Lipinski definition) is 2. The SMILES string of the molecule is CC(=O)OC1CC(NC(=O)OCc2ccccc2)C(=O)NC1=O. The van der Waals surface area contributed by atoms with Gasteiger partial charge in [-0.2, -0.15) is 0 Å². The van der Waals surface area contributed by atoms with Crippen molar-refractivity contribution >= 4 is 23.9 Å². The van der Waals surface area contributed by atoms with E-state index >= 15 is 0 Å². The van der Waals surface area contributed by atoms with E-state index in [1.54, 1.807) is 24.3 Å². The number of nitrogens with one attached hydrogen (secondary N) is 2. The van der Waals surface area contributed by atoms with Gasteiger partial charge in [0.2, 0.25) is 5.91 Å². The van der Waals surface area contributed by atoms with Crippen LogP contribution in [0.15, 0.2) is 30.3 Å². The van der Waals surface area contributed by atoms with Gasteiger partial charge in [-0.25, -0.2) is 4.79 Å². The summed E-state index contributed by atoms with van der Waals surface area (Å²) in [4.78, 5) is 45.9. The molecule has 8 nitrogen and oxygen atoms in total. The summed E-state index contributed by atoms with van der Waals surface area (Å²) in [5, 5.41) is 4.38. The van der Waals surface area contributed by atoms with Crippen molar-refractivity contribution in [1.82, 2.24) is 10.6 Å². The van der Waals surface area contributed by atoms with E-state index in [0.29, 0.717) is 0 Å². The number of carbonyl (C=O) groups excluding carboxylic acids is 4. The van der Waals surface area contributed by atoms with Gasteiger partial charge in [0.1, 0.15) is 12.6 Å². The molecule has 0 aliphatic carbocycles. The molecular weight excluding hydrogens is 304 g/mol. The number of imide groups is 1. The van der Waals surface area contributed by atoms with Crippen LogP contribution in [0, 0.1) is 0 Å². The first kappa shape index (κ1) is 16.5. The van der Waals surface area contributed by atoms with Crippen molar-refractivity contribution in [2.24, 2.45) is 0 Å². The normalized spacial score (nSPS) is 20.4. The van der Waals surface area contributed by atoms with Gasteiger partial charge in [0.05, 0.1) is 0 Å². The topological polar surface area (TPSA) is 111 Å². The van der Waals surface area contributed by atoms with Crippen molar-refractivity contribution in [3.63, 3.8) is 0 Å². The average Bonchev–Trinajstić information content (AvgIpc) is 2.50. The molecule has 2 unspecified atom stereocenters. The summed E-state index contributed by atoms with van der Waals surface area (Å²) in [6, 6.07) is 8.01. The lowest BCUT2D eigenvalue weighted by molar-refractivity contribution is -0.159. The Labute approximate surface area is 132 Å². The Morgan fingerprint density at radius 3 is 2.57 bits per heavy atom. The molecule has 0 bridgehead atoms. The predicted octanol–water partition coefficient (Wildman–Crippen LogP) is 0.260. The Morgan fingerprint density at radius 1 is 1.22 bits per heavy atom. The molecule has 0 spiro atoms. The number of hydrogen-bond acceptors (Lipinski definition) is 6. The molecule has 0 radical (unpaired) electrons. The first-order valence-corrected chi connectivity index (χ1v) is 6.95. The van der Waals surface area contributed by atoms with E-state index in [1.165, 1.54) is 0 Å². The van der Waals surface area contributed by atoms with Gasteiger partial charge in [-0.1, -0.05) is 30.3 Å². The van der Waals surface area contributed by atoms with Crippen molar-refractivity contribution in [2.45, 2.75) is 32.1 Å². The number of carbonyl (C=O) groups is 4. The third kappa shape index (κ3) is 4.80.